The van der Waals surface area contributed by atoms with Crippen molar-refractivity contribution >= 4 is 17.5 Å². The van der Waals surface area contributed by atoms with E-state index in [4.69, 9.17) is 0 Å². The number of hydrogen-bond acceptors (Lipinski definition) is 3. The molecule has 0 aliphatic heterocycles. The van der Waals surface area contributed by atoms with Crippen molar-refractivity contribution in [3.05, 3.63) is 59.9 Å². The maximum absolute atomic E-state index is 12.0. The second-order valence-corrected chi connectivity index (χ2v) is 6.30. The SMILES string of the molecule is CC(=O)N(CCC(=O)NCc1cccnc1)c1ccc(C(C)C)cc1. The van der Waals surface area contributed by atoms with Crippen molar-refractivity contribution < 1.29 is 9.59 Å². The van der Waals surface area contributed by atoms with Gasteiger partial charge in [0, 0.05) is 44.5 Å². The largest absolute Gasteiger partial charge is 0.352 e. The van der Waals surface area contributed by atoms with Gasteiger partial charge in [-0.15, -0.1) is 0 Å². The highest BCUT2D eigenvalue weighted by molar-refractivity contribution is 5.92. The summed E-state index contributed by atoms with van der Waals surface area (Å²) in [7, 11) is 0. The van der Waals surface area contributed by atoms with Crippen LogP contribution < -0.4 is 10.2 Å². The predicted molar refractivity (Wildman–Crippen MR) is 99.3 cm³/mol. The molecule has 2 rings (SSSR count). The molecule has 0 saturated heterocycles. The number of amides is 2. The summed E-state index contributed by atoms with van der Waals surface area (Å²) in [4.78, 5) is 29.6. The normalized spacial score (nSPS) is 10.6. The van der Waals surface area contributed by atoms with E-state index in [1.807, 2.05) is 36.4 Å². The Kier molecular flexibility index (Phi) is 6.69. The molecule has 0 aliphatic carbocycles. The molecule has 1 aromatic carbocycles. The number of carbonyl (C=O) groups excluding carboxylic acids is 2. The number of rotatable bonds is 7. The molecule has 0 saturated carbocycles. The lowest BCUT2D eigenvalue weighted by atomic mass is 10.0. The molecular formula is C20H25N3O2. The summed E-state index contributed by atoms with van der Waals surface area (Å²) in [6.07, 6.45) is 3.67. The van der Waals surface area contributed by atoms with Crippen molar-refractivity contribution in [3.63, 3.8) is 0 Å². The Labute approximate surface area is 149 Å². The average Bonchev–Trinajstić information content (AvgIpc) is 2.61. The number of anilines is 1. The fraction of sp³-hybridized carbons (Fsp3) is 0.350. The summed E-state index contributed by atoms with van der Waals surface area (Å²) in [5, 5.41) is 2.85. The van der Waals surface area contributed by atoms with Gasteiger partial charge >= 0.3 is 0 Å². The summed E-state index contributed by atoms with van der Waals surface area (Å²) in [5.41, 5.74) is 2.99. The monoisotopic (exact) mass is 339 g/mol. The molecule has 1 N–H and O–H groups in total. The Morgan fingerprint density at radius 2 is 1.88 bits per heavy atom. The highest BCUT2D eigenvalue weighted by Gasteiger charge is 2.13. The van der Waals surface area contributed by atoms with E-state index in [9.17, 15) is 9.59 Å². The second kappa shape index (κ2) is 8.97. The summed E-state index contributed by atoms with van der Waals surface area (Å²) in [5.74, 6) is 0.282. The van der Waals surface area contributed by atoms with E-state index in [0.717, 1.165) is 11.3 Å². The third-order valence-electron chi connectivity index (χ3n) is 4.03. The van der Waals surface area contributed by atoms with Crippen LogP contribution in [0.3, 0.4) is 0 Å². The number of nitrogens with one attached hydrogen (secondary N) is 1. The van der Waals surface area contributed by atoms with Crippen LogP contribution in [0.2, 0.25) is 0 Å². The molecule has 0 atom stereocenters. The molecule has 2 amide bonds. The summed E-state index contributed by atoms with van der Waals surface area (Å²) < 4.78 is 0. The van der Waals surface area contributed by atoms with Crippen LogP contribution in [0.1, 0.15) is 44.2 Å². The average molecular weight is 339 g/mol. The number of pyridine rings is 1. The first-order chi connectivity index (χ1) is 12.0. The van der Waals surface area contributed by atoms with E-state index in [-0.39, 0.29) is 18.2 Å². The topological polar surface area (TPSA) is 62.3 Å². The highest BCUT2D eigenvalue weighted by atomic mass is 16.2. The van der Waals surface area contributed by atoms with E-state index >= 15 is 0 Å². The van der Waals surface area contributed by atoms with Gasteiger partial charge in [-0.25, -0.2) is 0 Å². The van der Waals surface area contributed by atoms with E-state index in [1.54, 1.807) is 17.3 Å². The van der Waals surface area contributed by atoms with Gasteiger partial charge in [-0.2, -0.15) is 0 Å². The Bertz CT molecular complexity index is 697. The first-order valence-electron chi connectivity index (χ1n) is 8.51. The molecule has 132 valence electrons. The van der Waals surface area contributed by atoms with Gasteiger partial charge in [0.25, 0.3) is 0 Å². The number of benzene rings is 1. The minimum atomic E-state index is -0.0890. The van der Waals surface area contributed by atoms with Crippen LogP contribution in [0.25, 0.3) is 0 Å². The van der Waals surface area contributed by atoms with Crippen molar-refractivity contribution in [3.8, 4) is 0 Å². The first-order valence-corrected chi connectivity index (χ1v) is 8.51. The van der Waals surface area contributed by atoms with E-state index in [2.05, 4.69) is 24.1 Å². The summed E-state index contributed by atoms with van der Waals surface area (Å²) >= 11 is 0. The molecule has 0 unspecified atom stereocenters. The maximum Gasteiger partial charge on any atom is 0.223 e. The molecule has 25 heavy (non-hydrogen) atoms. The lowest BCUT2D eigenvalue weighted by molar-refractivity contribution is -0.121. The third kappa shape index (κ3) is 5.71. The molecular weight excluding hydrogens is 314 g/mol. The van der Waals surface area contributed by atoms with Crippen molar-refractivity contribution in [1.82, 2.24) is 10.3 Å². The van der Waals surface area contributed by atoms with Crippen molar-refractivity contribution in [1.29, 1.82) is 0 Å². The van der Waals surface area contributed by atoms with Gasteiger partial charge in [-0.05, 0) is 35.2 Å². The third-order valence-corrected chi connectivity index (χ3v) is 4.03. The number of hydrogen-bond donors (Lipinski definition) is 1. The fourth-order valence-electron chi connectivity index (χ4n) is 2.51. The van der Waals surface area contributed by atoms with Gasteiger partial charge in [0.05, 0.1) is 0 Å². The van der Waals surface area contributed by atoms with Crippen LogP contribution in [0.4, 0.5) is 5.69 Å². The molecule has 2 aromatic rings. The van der Waals surface area contributed by atoms with E-state index in [1.165, 1.54) is 12.5 Å². The Morgan fingerprint density at radius 1 is 1.16 bits per heavy atom. The maximum atomic E-state index is 12.0. The Morgan fingerprint density at radius 3 is 2.44 bits per heavy atom. The van der Waals surface area contributed by atoms with Crippen molar-refractivity contribution in [2.24, 2.45) is 0 Å². The molecule has 0 radical (unpaired) electrons. The minimum absolute atomic E-state index is 0.0719. The molecule has 1 heterocycles. The highest BCUT2D eigenvalue weighted by Crippen LogP contribution is 2.20. The van der Waals surface area contributed by atoms with E-state index < -0.39 is 0 Å². The van der Waals surface area contributed by atoms with Crippen LogP contribution in [0, 0.1) is 0 Å². The zero-order valence-corrected chi connectivity index (χ0v) is 15.0. The van der Waals surface area contributed by atoms with Crippen LogP contribution in [0.15, 0.2) is 48.8 Å². The molecule has 0 bridgehead atoms. The molecule has 0 spiro atoms. The molecule has 0 aliphatic rings. The summed E-state index contributed by atoms with van der Waals surface area (Å²) in [6.45, 7) is 6.57. The van der Waals surface area contributed by atoms with Gasteiger partial charge in [0.1, 0.15) is 0 Å². The standard InChI is InChI=1S/C20H25N3O2/c1-15(2)18-6-8-19(9-7-18)23(16(3)24)12-10-20(25)22-14-17-5-4-11-21-13-17/h4-9,11,13,15H,10,12,14H2,1-3H3,(H,22,25). The Hall–Kier alpha value is -2.69. The van der Waals surface area contributed by atoms with Gasteiger partial charge in [-0.3, -0.25) is 14.6 Å². The first kappa shape index (κ1) is 18.6. The van der Waals surface area contributed by atoms with Crippen LogP contribution in [-0.2, 0) is 16.1 Å². The molecule has 0 fully saturated rings. The van der Waals surface area contributed by atoms with Crippen LogP contribution in [0.5, 0.6) is 0 Å². The lowest BCUT2D eigenvalue weighted by Gasteiger charge is -2.21. The van der Waals surface area contributed by atoms with Crippen LogP contribution >= 0.6 is 0 Å². The zero-order chi connectivity index (χ0) is 18.2. The van der Waals surface area contributed by atoms with Gasteiger partial charge in [-0.1, -0.05) is 32.0 Å². The number of nitrogens with zero attached hydrogens (tertiary/aromatic N) is 2. The number of aromatic nitrogens is 1. The van der Waals surface area contributed by atoms with Crippen molar-refractivity contribution in [2.75, 3.05) is 11.4 Å². The quantitative estimate of drug-likeness (QED) is 0.842. The lowest BCUT2D eigenvalue weighted by Crippen LogP contribution is -2.33. The van der Waals surface area contributed by atoms with Gasteiger partial charge in [0.2, 0.25) is 11.8 Å². The zero-order valence-electron chi connectivity index (χ0n) is 15.0. The molecule has 5 nitrogen and oxygen atoms in total. The van der Waals surface area contributed by atoms with Gasteiger partial charge < -0.3 is 10.2 Å². The summed E-state index contributed by atoms with van der Waals surface area (Å²) in [6, 6.07) is 11.7. The van der Waals surface area contributed by atoms with Crippen LogP contribution in [-0.4, -0.2) is 23.3 Å². The second-order valence-electron chi connectivity index (χ2n) is 6.30. The van der Waals surface area contributed by atoms with E-state index in [0.29, 0.717) is 19.0 Å². The molecule has 5 heteroatoms. The number of carbonyl (C=O) groups is 2. The smallest absolute Gasteiger partial charge is 0.223 e. The minimum Gasteiger partial charge on any atom is -0.352 e. The predicted octanol–water partition coefficient (Wildman–Crippen LogP) is 3.26. The van der Waals surface area contributed by atoms with Gasteiger partial charge in [0.15, 0.2) is 0 Å². The van der Waals surface area contributed by atoms with Crippen molar-refractivity contribution in [2.45, 2.75) is 39.7 Å². The molecule has 1 aromatic heterocycles. The Balaban J connectivity index is 1.90. The fourth-order valence-corrected chi connectivity index (χ4v) is 2.51.